The van der Waals surface area contributed by atoms with Crippen molar-refractivity contribution in [3.8, 4) is 11.5 Å². The van der Waals surface area contributed by atoms with Gasteiger partial charge in [-0.25, -0.2) is 4.39 Å². The van der Waals surface area contributed by atoms with Crippen molar-refractivity contribution in [3.05, 3.63) is 58.3 Å². The third-order valence-electron chi connectivity index (χ3n) is 4.41. The molecular weight excluding hydrogens is 461 g/mol. The number of rotatable bonds is 11. The predicted octanol–water partition coefficient (Wildman–Crippen LogP) is 3.80. The van der Waals surface area contributed by atoms with Crippen LogP contribution in [0.15, 0.2) is 42.5 Å². The number of likely N-dealkylation sites (N-methyl/N-ethyl adjacent to an activating group) is 1. The first kappa shape index (κ1) is 25.1. The molecule has 2 N–H and O–H groups in total. The van der Waals surface area contributed by atoms with Gasteiger partial charge in [0, 0.05) is 17.4 Å². The number of hydrogen-bond donors (Lipinski definition) is 2. The van der Waals surface area contributed by atoms with E-state index in [0.717, 1.165) is 11.3 Å². The molecule has 0 aliphatic carbocycles. The van der Waals surface area contributed by atoms with Gasteiger partial charge < -0.3 is 20.1 Å². The molecule has 0 atom stereocenters. The molecule has 0 fully saturated rings. The second-order valence-electron chi connectivity index (χ2n) is 7.21. The summed E-state index contributed by atoms with van der Waals surface area (Å²) in [4.78, 5) is 26.6. The van der Waals surface area contributed by atoms with Gasteiger partial charge in [0.2, 0.25) is 10.9 Å². The maximum Gasteiger partial charge on any atom is 0.286 e. The van der Waals surface area contributed by atoms with Crippen LogP contribution < -0.4 is 20.1 Å². The Morgan fingerprint density at radius 3 is 2.35 bits per heavy atom. The van der Waals surface area contributed by atoms with Crippen molar-refractivity contribution in [2.75, 3.05) is 37.4 Å². The first-order valence-corrected chi connectivity index (χ1v) is 11.5. The van der Waals surface area contributed by atoms with Crippen LogP contribution in [0.4, 0.5) is 15.8 Å². The Balaban J connectivity index is 1.52. The molecule has 3 rings (SSSR count). The van der Waals surface area contributed by atoms with Gasteiger partial charge in [-0.05, 0) is 57.3 Å². The van der Waals surface area contributed by atoms with Crippen LogP contribution in [0.5, 0.6) is 11.5 Å². The Morgan fingerprint density at radius 2 is 1.65 bits per heavy atom. The third kappa shape index (κ3) is 7.22. The van der Waals surface area contributed by atoms with Gasteiger partial charge in [0.25, 0.3) is 5.91 Å². The van der Waals surface area contributed by atoms with Crippen LogP contribution in [0.3, 0.4) is 0 Å². The number of halogens is 1. The topological polar surface area (TPSA) is 106 Å². The van der Waals surface area contributed by atoms with Crippen LogP contribution in [-0.4, -0.2) is 53.7 Å². The van der Waals surface area contributed by atoms with Crippen molar-refractivity contribution in [1.82, 2.24) is 15.1 Å². The Morgan fingerprint density at radius 1 is 0.971 bits per heavy atom. The highest BCUT2D eigenvalue weighted by Gasteiger charge is 2.16. The lowest BCUT2D eigenvalue weighted by Gasteiger charge is -2.16. The SMILES string of the molecule is CCOc1ccc(NC(=O)CN(C)Cc2nnc(C(=O)Nc3ccc(F)cc3)s2)cc1OCC. The standard InChI is InChI=1S/C23H26FN5O4S/c1-4-32-18-11-10-17(12-19(18)33-5-2)25-20(30)13-29(3)14-21-27-28-23(34-21)22(31)26-16-8-6-15(24)7-9-16/h6-12H,4-5,13-14H2,1-3H3,(H,25,30)(H,26,31). The molecule has 0 aliphatic rings. The van der Waals surface area contributed by atoms with Crippen molar-refractivity contribution < 1.29 is 23.5 Å². The van der Waals surface area contributed by atoms with Crippen LogP contribution in [0.2, 0.25) is 0 Å². The number of hydrogen-bond acceptors (Lipinski definition) is 8. The zero-order valence-corrected chi connectivity index (χ0v) is 19.9. The zero-order chi connectivity index (χ0) is 24.5. The fourth-order valence-corrected chi connectivity index (χ4v) is 3.80. The monoisotopic (exact) mass is 487 g/mol. The largest absolute Gasteiger partial charge is 0.490 e. The molecule has 1 aromatic heterocycles. The van der Waals surface area contributed by atoms with Gasteiger partial charge in [0.15, 0.2) is 11.5 Å². The third-order valence-corrected chi connectivity index (χ3v) is 5.32. The van der Waals surface area contributed by atoms with Crippen molar-refractivity contribution in [1.29, 1.82) is 0 Å². The van der Waals surface area contributed by atoms with E-state index in [1.54, 1.807) is 30.1 Å². The Bertz CT molecular complexity index is 1120. The molecule has 34 heavy (non-hydrogen) atoms. The van der Waals surface area contributed by atoms with Crippen LogP contribution >= 0.6 is 11.3 Å². The van der Waals surface area contributed by atoms with E-state index in [9.17, 15) is 14.0 Å². The van der Waals surface area contributed by atoms with Gasteiger partial charge in [-0.1, -0.05) is 11.3 Å². The summed E-state index contributed by atoms with van der Waals surface area (Å²) >= 11 is 1.12. The molecule has 180 valence electrons. The summed E-state index contributed by atoms with van der Waals surface area (Å²) < 4.78 is 24.1. The van der Waals surface area contributed by atoms with E-state index in [-0.39, 0.29) is 23.3 Å². The zero-order valence-electron chi connectivity index (χ0n) is 19.1. The van der Waals surface area contributed by atoms with Gasteiger partial charge in [-0.15, -0.1) is 10.2 Å². The Kier molecular flexibility index (Phi) is 8.88. The minimum atomic E-state index is -0.434. The molecule has 9 nitrogen and oxygen atoms in total. The van der Waals surface area contributed by atoms with E-state index < -0.39 is 5.91 Å². The highest BCUT2D eigenvalue weighted by Crippen LogP contribution is 2.30. The van der Waals surface area contributed by atoms with E-state index in [1.807, 2.05) is 13.8 Å². The van der Waals surface area contributed by atoms with Crippen LogP contribution in [-0.2, 0) is 11.3 Å². The lowest BCUT2D eigenvalue weighted by Crippen LogP contribution is -2.29. The summed E-state index contributed by atoms with van der Waals surface area (Å²) in [6.45, 7) is 5.20. The van der Waals surface area contributed by atoms with Gasteiger partial charge >= 0.3 is 0 Å². The molecule has 3 aromatic rings. The number of nitrogens with one attached hydrogen (secondary N) is 2. The fraction of sp³-hybridized carbons (Fsp3) is 0.304. The first-order chi connectivity index (χ1) is 16.4. The Labute approximate surface area is 200 Å². The average Bonchev–Trinajstić information content (AvgIpc) is 3.25. The molecule has 2 aromatic carbocycles. The number of carbonyl (C=O) groups excluding carboxylic acids is 2. The summed E-state index contributed by atoms with van der Waals surface area (Å²) in [7, 11) is 1.77. The van der Waals surface area contributed by atoms with Crippen molar-refractivity contribution in [2.24, 2.45) is 0 Å². The van der Waals surface area contributed by atoms with Crippen molar-refractivity contribution in [3.63, 3.8) is 0 Å². The van der Waals surface area contributed by atoms with E-state index in [2.05, 4.69) is 20.8 Å². The molecular formula is C23H26FN5O4S. The van der Waals surface area contributed by atoms with E-state index in [4.69, 9.17) is 9.47 Å². The highest BCUT2D eigenvalue weighted by atomic mass is 32.1. The summed E-state index contributed by atoms with van der Waals surface area (Å²) in [5.74, 6) is 0.149. The first-order valence-electron chi connectivity index (χ1n) is 10.6. The summed E-state index contributed by atoms with van der Waals surface area (Å²) in [6.07, 6.45) is 0. The van der Waals surface area contributed by atoms with Gasteiger partial charge in [-0.2, -0.15) is 0 Å². The number of anilines is 2. The normalized spacial score (nSPS) is 10.7. The number of nitrogens with zero attached hydrogens (tertiary/aromatic N) is 3. The maximum atomic E-state index is 13.0. The number of benzene rings is 2. The molecule has 2 amide bonds. The summed E-state index contributed by atoms with van der Waals surface area (Å²) in [5.41, 5.74) is 1.06. The Hall–Kier alpha value is -3.57. The fourth-order valence-electron chi connectivity index (χ4n) is 2.99. The van der Waals surface area contributed by atoms with E-state index in [0.29, 0.717) is 47.6 Å². The van der Waals surface area contributed by atoms with Crippen LogP contribution in [0.1, 0.15) is 28.7 Å². The van der Waals surface area contributed by atoms with Crippen LogP contribution in [0, 0.1) is 5.82 Å². The minimum absolute atomic E-state index is 0.105. The molecule has 0 spiro atoms. The molecule has 0 aliphatic heterocycles. The molecule has 1 heterocycles. The maximum absolute atomic E-state index is 13.0. The molecule has 0 saturated carbocycles. The number of ether oxygens (including phenoxy) is 2. The van der Waals surface area contributed by atoms with Crippen LogP contribution in [0.25, 0.3) is 0 Å². The summed E-state index contributed by atoms with van der Waals surface area (Å²) in [5, 5.41) is 14.2. The minimum Gasteiger partial charge on any atom is -0.490 e. The number of aromatic nitrogens is 2. The second-order valence-corrected chi connectivity index (χ2v) is 8.27. The predicted molar refractivity (Wildman–Crippen MR) is 128 cm³/mol. The molecule has 11 heteroatoms. The molecule has 0 radical (unpaired) electrons. The van der Waals surface area contributed by atoms with Gasteiger partial charge in [-0.3, -0.25) is 14.5 Å². The van der Waals surface area contributed by atoms with E-state index >= 15 is 0 Å². The quantitative estimate of drug-likeness (QED) is 0.424. The lowest BCUT2D eigenvalue weighted by atomic mass is 10.2. The van der Waals surface area contributed by atoms with Gasteiger partial charge in [0.1, 0.15) is 10.8 Å². The number of amides is 2. The lowest BCUT2D eigenvalue weighted by molar-refractivity contribution is -0.117. The van der Waals surface area contributed by atoms with Gasteiger partial charge in [0.05, 0.1) is 26.3 Å². The highest BCUT2D eigenvalue weighted by molar-refractivity contribution is 7.13. The van der Waals surface area contributed by atoms with Crippen molar-refractivity contribution >= 4 is 34.5 Å². The second kappa shape index (κ2) is 12.1. The summed E-state index contributed by atoms with van der Waals surface area (Å²) in [6, 6.07) is 10.7. The molecule has 0 bridgehead atoms. The van der Waals surface area contributed by atoms with E-state index in [1.165, 1.54) is 24.3 Å². The average molecular weight is 488 g/mol. The smallest absolute Gasteiger partial charge is 0.286 e. The van der Waals surface area contributed by atoms with Crippen molar-refractivity contribution in [2.45, 2.75) is 20.4 Å². The number of carbonyl (C=O) groups is 2. The molecule has 0 saturated heterocycles. The molecule has 0 unspecified atom stereocenters.